The van der Waals surface area contributed by atoms with Crippen molar-refractivity contribution in [1.82, 2.24) is 10.7 Å². The summed E-state index contributed by atoms with van der Waals surface area (Å²) in [7, 11) is 0. The molecule has 38 valence electrons. The van der Waals surface area contributed by atoms with Crippen LogP contribution < -0.4 is 10.7 Å². The first-order valence-electron chi connectivity index (χ1n) is 1.93. The Morgan fingerprint density at radius 2 is 2.71 bits per heavy atom. The normalized spacial score (nSPS) is 16.9. The number of hydrazone groups is 1. The largest absolute Gasteiger partial charge is 0.347 e. The molecular formula is C3H5N3O. The minimum absolute atomic E-state index is 0.375. The first-order chi connectivity index (χ1) is 3.43. The van der Waals surface area contributed by atoms with Gasteiger partial charge in [0, 0.05) is 0 Å². The van der Waals surface area contributed by atoms with Crippen molar-refractivity contribution in [1.29, 1.82) is 0 Å². The SMILES string of the molecule is O=CC1=NNCN1. The predicted molar refractivity (Wildman–Crippen MR) is 24.6 cm³/mol. The van der Waals surface area contributed by atoms with Crippen LogP contribution in [0.1, 0.15) is 0 Å². The van der Waals surface area contributed by atoms with E-state index in [0.717, 1.165) is 0 Å². The first kappa shape index (κ1) is 4.11. The van der Waals surface area contributed by atoms with E-state index in [9.17, 15) is 4.79 Å². The van der Waals surface area contributed by atoms with Crippen molar-refractivity contribution in [3.8, 4) is 0 Å². The van der Waals surface area contributed by atoms with Crippen molar-refractivity contribution in [2.75, 3.05) is 6.67 Å². The molecule has 0 fully saturated rings. The number of aldehydes is 1. The highest BCUT2D eigenvalue weighted by molar-refractivity contribution is 6.27. The van der Waals surface area contributed by atoms with Crippen LogP contribution >= 0.6 is 0 Å². The van der Waals surface area contributed by atoms with Gasteiger partial charge >= 0.3 is 0 Å². The van der Waals surface area contributed by atoms with Crippen LogP contribution in [-0.2, 0) is 4.79 Å². The molecule has 4 heteroatoms. The van der Waals surface area contributed by atoms with Crippen LogP contribution in [0.25, 0.3) is 0 Å². The fourth-order valence-electron chi connectivity index (χ4n) is 0.362. The van der Waals surface area contributed by atoms with E-state index in [2.05, 4.69) is 15.8 Å². The van der Waals surface area contributed by atoms with Crippen molar-refractivity contribution in [2.24, 2.45) is 5.10 Å². The summed E-state index contributed by atoms with van der Waals surface area (Å²) in [5.74, 6) is 0.375. The van der Waals surface area contributed by atoms with Crippen LogP contribution in [0, 0.1) is 0 Å². The molecule has 2 N–H and O–H groups in total. The average Bonchev–Trinajstić information content (AvgIpc) is 2.14. The topological polar surface area (TPSA) is 53.5 Å². The van der Waals surface area contributed by atoms with Gasteiger partial charge in [0.05, 0.1) is 0 Å². The molecule has 1 heterocycles. The maximum absolute atomic E-state index is 9.77. The summed E-state index contributed by atoms with van der Waals surface area (Å²) >= 11 is 0. The van der Waals surface area contributed by atoms with Gasteiger partial charge in [-0.25, -0.2) is 0 Å². The molecular weight excluding hydrogens is 94.1 g/mol. The van der Waals surface area contributed by atoms with Gasteiger partial charge in [0.15, 0.2) is 12.1 Å². The van der Waals surface area contributed by atoms with Crippen LogP contribution in [0.3, 0.4) is 0 Å². The Kier molecular flexibility index (Phi) is 0.934. The number of hydrogen-bond acceptors (Lipinski definition) is 4. The number of carbonyl (C=O) groups is 1. The third kappa shape index (κ3) is 0.677. The predicted octanol–water partition coefficient (Wildman–Crippen LogP) is -1.35. The van der Waals surface area contributed by atoms with Crippen molar-refractivity contribution in [3.63, 3.8) is 0 Å². The molecule has 1 aliphatic heterocycles. The van der Waals surface area contributed by atoms with Gasteiger partial charge in [-0.15, -0.1) is 0 Å². The molecule has 0 radical (unpaired) electrons. The highest BCUT2D eigenvalue weighted by Gasteiger charge is 1.98. The van der Waals surface area contributed by atoms with Crippen molar-refractivity contribution in [2.45, 2.75) is 0 Å². The van der Waals surface area contributed by atoms with E-state index in [-0.39, 0.29) is 0 Å². The number of hydrogen-bond donors (Lipinski definition) is 2. The van der Waals surface area contributed by atoms with Gasteiger partial charge in [-0.3, -0.25) is 10.2 Å². The van der Waals surface area contributed by atoms with E-state index in [0.29, 0.717) is 18.8 Å². The lowest BCUT2D eigenvalue weighted by Crippen LogP contribution is -2.21. The van der Waals surface area contributed by atoms with Crippen LogP contribution in [0.15, 0.2) is 5.10 Å². The average molecular weight is 99.1 g/mol. The Bertz CT molecular complexity index is 109. The number of nitrogens with one attached hydrogen (secondary N) is 2. The summed E-state index contributed by atoms with van der Waals surface area (Å²) in [6.07, 6.45) is 0.667. The summed E-state index contributed by atoms with van der Waals surface area (Å²) in [5, 5.41) is 6.22. The zero-order valence-electron chi connectivity index (χ0n) is 3.64. The Hall–Kier alpha value is -1.06. The second kappa shape index (κ2) is 1.59. The second-order valence-electron chi connectivity index (χ2n) is 1.13. The number of nitrogens with zero attached hydrogens (tertiary/aromatic N) is 1. The van der Waals surface area contributed by atoms with E-state index in [1.54, 1.807) is 0 Å². The quantitative estimate of drug-likeness (QED) is 0.399. The van der Waals surface area contributed by atoms with Gasteiger partial charge in [0.1, 0.15) is 6.67 Å². The maximum Gasteiger partial charge on any atom is 0.187 e. The molecule has 0 aromatic rings. The minimum Gasteiger partial charge on any atom is -0.347 e. The molecule has 0 bridgehead atoms. The molecule has 0 aromatic carbocycles. The Morgan fingerprint density at radius 1 is 1.86 bits per heavy atom. The fourth-order valence-corrected chi connectivity index (χ4v) is 0.362. The molecule has 0 saturated carbocycles. The highest BCUT2D eigenvalue weighted by Crippen LogP contribution is 1.70. The third-order valence-electron chi connectivity index (χ3n) is 0.660. The van der Waals surface area contributed by atoms with Gasteiger partial charge in [0.25, 0.3) is 0 Å². The van der Waals surface area contributed by atoms with Gasteiger partial charge < -0.3 is 5.32 Å². The van der Waals surface area contributed by atoms with Gasteiger partial charge in [-0.05, 0) is 0 Å². The van der Waals surface area contributed by atoms with E-state index < -0.39 is 0 Å². The smallest absolute Gasteiger partial charge is 0.187 e. The first-order valence-corrected chi connectivity index (χ1v) is 1.93. The summed E-state index contributed by atoms with van der Waals surface area (Å²) in [5.41, 5.74) is 2.57. The fraction of sp³-hybridized carbons (Fsp3) is 0.333. The number of rotatable bonds is 1. The third-order valence-corrected chi connectivity index (χ3v) is 0.660. The molecule has 0 saturated heterocycles. The molecule has 1 aliphatic rings. The monoisotopic (exact) mass is 99.0 g/mol. The zero-order chi connectivity index (χ0) is 5.11. The molecule has 0 aromatic heterocycles. The summed E-state index contributed by atoms with van der Waals surface area (Å²) < 4.78 is 0. The Balaban J connectivity index is 2.51. The maximum atomic E-state index is 9.77. The zero-order valence-corrected chi connectivity index (χ0v) is 3.64. The Morgan fingerprint density at radius 3 is 3.00 bits per heavy atom. The Labute approximate surface area is 40.6 Å². The molecule has 0 aliphatic carbocycles. The molecule has 0 spiro atoms. The molecule has 1 rings (SSSR count). The van der Waals surface area contributed by atoms with Crippen LogP contribution in [0.4, 0.5) is 0 Å². The van der Waals surface area contributed by atoms with Crippen LogP contribution in [-0.4, -0.2) is 18.8 Å². The molecule has 0 amide bonds. The summed E-state index contributed by atoms with van der Waals surface area (Å²) in [4.78, 5) is 9.77. The van der Waals surface area contributed by atoms with Crippen LogP contribution in [0.5, 0.6) is 0 Å². The summed E-state index contributed by atoms with van der Waals surface area (Å²) in [6.45, 7) is 0.564. The lowest BCUT2D eigenvalue weighted by atomic mass is 10.7. The minimum atomic E-state index is 0.375. The second-order valence-corrected chi connectivity index (χ2v) is 1.13. The van der Waals surface area contributed by atoms with E-state index >= 15 is 0 Å². The van der Waals surface area contributed by atoms with E-state index in [1.807, 2.05) is 0 Å². The van der Waals surface area contributed by atoms with Crippen molar-refractivity contribution < 1.29 is 4.79 Å². The van der Waals surface area contributed by atoms with Gasteiger partial charge in [0.2, 0.25) is 0 Å². The van der Waals surface area contributed by atoms with E-state index in [1.165, 1.54) is 0 Å². The van der Waals surface area contributed by atoms with Crippen LogP contribution in [0.2, 0.25) is 0 Å². The lowest BCUT2D eigenvalue weighted by molar-refractivity contribution is -0.102. The molecule has 0 unspecified atom stereocenters. The summed E-state index contributed by atoms with van der Waals surface area (Å²) in [6, 6.07) is 0. The molecule has 7 heavy (non-hydrogen) atoms. The molecule has 0 atom stereocenters. The van der Waals surface area contributed by atoms with Gasteiger partial charge in [-0.1, -0.05) is 0 Å². The highest BCUT2D eigenvalue weighted by atomic mass is 16.1. The van der Waals surface area contributed by atoms with Crippen molar-refractivity contribution >= 4 is 12.1 Å². The number of amidine groups is 1. The number of carbonyl (C=O) groups excluding carboxylic acids is 1. The van der Waals surface area contributed by atoms with Gasteiger partial charge in [-0.2, -0.15) is 5.10 Å². The molecule has 4 nitrogen and oxygen atoms in total. The lowest BCUT2D eigenvalue weighted by Gasteiger charge is -1.83. The van der Waals surface area contributed by atoms with Crippen molar-refractivity contribution in [3.05, 3.63) is 0 Å². The standard InChI is InChI=1S/C3H5N3O/c7-1-3-4-2-5-6-3/h1,5H,2H2,(H,4,6). The van der Waals surface area contributed by atoms with E-state index in [4.69, 9.17) is 0 Å².